The largest absolute Gasteiger partial charge is 0.480 e. The van der Waals surface area contributed by atoms with Gasteiger partial charge in [0.25, 0.3) is 0 Å². The SMILES string of the molecule is N=C(N)NCCC[C@H](NC(=O)[C@H](CCCCN)NC(=O)[C@H](CCCNC(=N)N)NC(=O)[C@@H](N)CCCNC(=N)N)C(=O)N[C@@H](CO)C(=O)O. The van der Waals surface area contributed by atoms with Crippen LogP contribution in [0.4, 0.5) is 0 Å². The van der Waals surface area contributed by atoms with Gasteiger partial charge >= 0.3 is 5.97 Å². The number of aliphatic carboxylic acids is 1. The number of hydrogen-bond acceptors (Lipinski definition) is 11. The van der Waals surface area contributed by atoms with Gasteiger partial charge in [-0.25, -0.2) is 4.79 Å². The molecule has 0 bridgehead atoms. The van der Waals surface area contributed by atoms with Crippen LogP contribution in [0.2, 0.25) is 0 Å². The third-order valence-corrected chi connectivity index (χ3v) is 6.96. The average molecular weight is 702 g/mol. The first kappa shape index (κ1) is 44.0. The van der Waals surface area contributed by atoms with E-state index < -0.39 is 66.4 Å². The number of amides is 4. The summed E-state index contributed by atoms with van der Waals surface area (Å²) in [7, 11) is 0. The van der Waals surface area contributed by atoms with E-state index >= 15 is 0 Å². The van der Waals surface area contributed by atoms with Crippen LogP contribution < -0.4 is 65.9 Å². The summed E-state index contributed by atoms with van der Waals surface area (Å²) in [6.45, 7) is 0.0664. The molecule has 0 aliphatic carbocycles. The minimum absolute atomic E-state index is 0.0270. The number of hydrogen-bond donors (Lipinski definition) is 17. The van der Waals surface area contributed by atoms with E-state index in [1.807, 2.05) is 0 Å². The Kier molecular flexibility index (Phi) is 22.6. The summed E-state index contributed by atoms with van der Waals surface area (Å²) >= 11 is 0. The molecule has 0 aromatic rings. The number of rotatable bonds is 26. The topological polar surface area (TPSA) is 412 Å². The van der Waals surface area contributed by atoms with E-state index in [0.29, 0.717) is 32.4 Å². The van der Waals surface area contributed by atoms with Crippen molar-refractivity contribution in [3.63, 3.8) is 0 Å². The molecule has 0 aromatic carbocycles. The van der Waals surface area contributed by atoms with E-state index in [4.69, 9.17) is 44.9 Å². The molecular formula is C27H55N15O7. The van der Waals surface area contributed by atoms with Crippen molar-refractivity contribution >= 4 is 47.5 Å². The molecule has 0 saturated carbocycles. The number of carboxylic acids is 1. The van der Waals surface area contributed by atoms with Gasteiger partial charge in [0.05, 0.1) is 12.6 Å². The molecule has 5 atom stereocenters. The number of carbonyl (C=O) groups is 5. The van der Waals surface area contributed by atoms with Crippen LogP contribution in [0.5, 0.6) is 0 Å². The fourth-order valence-electron chi connectivity index (χ4n) is 4.32. The van der Waals surface area contributed by atoms with Gasteiger partial charge in [-0.05, 0) is 64.3 Å². The molecular weight excluding hydrogens is 646 g/mol. The second-order valence-corrected chi connectivity index (χ2v) is 11.1. The Hall–Kier alpha value is -4.96. The lowest BCUT2D eigenvalue weighted by Crippen LogP contribution is -2.58. The Balaban J connectivity index is 5.97. The minimum Gasteiger partial charge on any atom is -0.480 e. The van der Waals surface area contributed by atoms with Crippen molar-refractivity contribution in [1.29, 1.82) is 16.2 Å². The van der Waals surface area contributed by atoms with Gasteiger partial charge in [-0.1, -0.05) is 0 Å². The predicted molar refractivity (Wildman–Crippen MR) is 181 cm³/mol. The first-order valence-electron chi connectivity index (χ1n) is 15.9. The molecule has 0 rings (SSSR count). The average Bonchev–Trinajstić information content (AvgIpc) is 3.03. The standard InChI is InChI=1S/C27H55N15O7/c28-10-2-1-7-16(21(45)41-18(9-5-13-38-27(34)35)23(47)42-19(14-43)24(48)49)40-22(46)17(8-4-12-37-26(32)33)39-20(44)15(29)6-3-11-36-25(30)31/h15-19,43H,1-14,28-29H2,(H,39,44)(H,40,46)(H,41,45)(H,42,47)(H,48,49)(H4,30,31,36)(H4,32,33,37)(H4,34,35,38)/t15-,16-,17-,18-,19-/m0/s1. The highest BCUT2D eigenvalue weighted by Crippen LogP contribution is 2.07. The second kappa shape index (κ2) is 25.1. The summed E-state index contributed by atoms with van der Waals surface area (Å²) in [6, 6.07) is -6.31. The van der Waals surface area contributed by atoms with E-state index in [9.17, 15) is 34.2 Å². The summed E-state index contributed by atoms with van der Waals surface area (Å²) in [5.74, 6) is -5.38. The quantitative estimate of drug-likeness (QED) is 0.0227. The number of guanidine groups is 3. The maximum absolute atomic E-state index is 13.5. The lowest BCUT2D eigenvalue weighted by molar-refractivity contribution is -0.143. The highest BCUT2D eigenvalue weighted by molar-refractivity contribution is 5.95. The van der Waals surface area contributed by atoms with Gasteiger partial charge in [0.15, 0.2) is 17.9 Å². The highest BCUT2D eigenvalue weighted by atomic mass is 16.4. The Labute approximate surface area is 284 Å². The lowest BCUT2D eigenvalue weighted by Gasteiger charge is -2.26. The molecule has 0 heterocycles. The van der Waals surface area contributed by atoms with E-state index in [-0.39, 0.29) is 69.5 Å². The van der Waals surface area contributed by atoms with Crippen molar-refractivity contribution < 1.29 is 34.2 Å². The van der Waals surface area contributed by atoms with Crippen molar-refractivity contribution in [3.05, 3.63) is 0 Å². The number of aliphatic hydroxyl groups is 1. The Morgan fingerprint density at radius 1 is 0.551 bits per heavy atom. The fraction of sp³-hybridized carbons (Fsp3) is 0.704. The van der Waals surface area contributed by atoms with E-state index in [1.165, 1.54) is 0 Å². The van der Waals surface area contributed by atoms with Crippen molar-refractivity contribution in [1.82, 2.24) is 37.2 Å². The molecule has 49 heavy (non-hydrogen) atoms. The van der Waals surface area contributed by atoms with Gasteiger partial charge in [0.1, 0.15) is 24.2 Å². The number of nitrogens with one attached hydrogen (secondary N) is 10. The van der Waals surface area contributed by atoms with E-state index in [0.717, 1.165) is 0 Å². The maximum Gasteiger partial charge on any atom is 0.328 e. The first-order valence-corrected chi connectivity index (χ1v) is 15.9. The summed E-state index contributed by atoms with van der Waals surface area (Å²) < 4.78 is 0. The molecule has 0 aliphatic heterocycles. The molecule has 0 aliphatic rings. The molecule has 0 radical (unpaired) electrons. The van der Waals surface area contributed by atoms with Crippen LogP contribution in [0.1, 0.15) is 57.8 Å². The lowest BCUT2D eigenvalue weighted by atomic mass is 10.0. The van der Waals surface area contributed by atoms with Gasteiger partial charge in [-0.3, -0.25) is 35.4 Å². The number of nitrogens with two attached hydrogens (primary N) is 5. The van der Waals surface area contributed by atoms with E-state index in [1.54, 1.807) is 0 Å². The van der Waals surface area contributed by atoms with Crippen molar-refractivity contribution in [3.8, 4) is 0 Å². The maximum atomic E-state index is 13.5. The summed E-state index contributed by atoms with van der Waals surface area (Å²) in [6.07, 6.45) is 2.15. The zero-order valence-corrected chi connectivity index (χ0v) is 27.6. The van der Waals surface area contributed by atoms with Crippen LogP contribution in [-0.4, -0.2) is 121 Å². The van der Waals surface area contributed by atoms with Crippen LogP contribution in [-0.2, 0) is 24.0 Å². The van der Waals surface area contributed by atoms with Crippen molar-refractivity contribution in [2.45, 2.75) is 88.0 Å². The van der Waals surface area contributed by atoms with Gasteiger partial charge in [-0.15, -0.1) is 0 Å². The van der Waals surface area contributed by atoms with Crippen LogP contribution in [0, 0.1) is 16.2 Å². The molecule has 0 spiro atoms. The van der Waals surface area contributed by atoms with Gasteiger partial charge < -0.3 is 76.1 Å². The third kappa shape index (κ3) is 20.8. The smallest absolute Gasteiger partial charge is 0.328 e. The molecule has 0 unspecified atom stereocenters. The van der Waals surface area contributed by atoms with Crippen LogP contribution >= 0.6 is 0 Å². The van der Waals surface area contributed by atoms with Crippen LogP contribution in [0.25, 0.3) is 0 Å². The molecule has 22 N–H and O–H groups in total. The van der Waals surface area contributed by atoms with Gasteiger partial charge in [0, 0.05) is 19.6 Å². The number of aliphatic hydroxyl groups excluding tert-OH is 1. The van der Waals surface area contributed by atoms with Crippen molar-refractivity contribution in [2.75, 3.05) is 32.8 Å². The normalized spacial score (nSPS) is 13.7. The molecule has 4 amide bonds. The number of carbonyl (C=O) groups excluding carboxylic acids is 4. The molecule has 0 aromatic heterocycles. The molecule has 22 nitrogen and oxygen atoms in total. The zero-order chi connectivity index (χ0) is 37.4. The molecule has 0 saturated heterocycles. The van der Waals surface area contributed by atoms with E-state index in [2.05, 4.69) is 37.2 Å². The number of carboxylic acid groups (broad SMARTS) is 1. The molecule has 0 fully saturated rings. The van der Waals surface area contributed by atoms with Crippen LogP contribution in [0.3, 0.4) is 0 Å². The monoisotopic (exact) mass is 701 g/mol. The Morgan fingerprint density at radius 2 is 0.898 bits per heavy atom. The Morgan fingerprint density at radius 3 is 1.24 bits per heavy atom. The molecule has 280 valence electrons. The van der Waals surface area contributed by atoms with Gasteiger partial charge in [-0.2, -0.15) is 0 Å². The highest BCUT2D eigenvalue weighted by Gasteiger charge is 2.31. The van der Waals surface area contributed by atoms with Gasteiger partial charge in [0.2, 0.25) is 23.6 Å². The summed E-state index contributed by atoms with van der Waals surface area (Å²) in [4.78, 5) is 64.4. The first-order chi connectivity index (χ1) is 23.1. The Bertz CT molecular complexity index is 1110. The van der Waals surface area contributed by atoms with Crippen molar-refractivity contribution in [2.24, 2.45) is 28.7 Å². The zero-order valence-electron chi connectivity index (χ0n) is 27.6. The second-order valence-electron chi connectivity index (χ2n) is 11.1. The summed E-state index contributed by atoms with van der Waals surface area (Å²) in [5.41, 5.74) is 27.5. The number of unbranched alkanes of at least 4 members (excludes halogenated alkanes) is 1. The van der Waals surface area contributed by atoms with Crippen LogP contribution in [0.15, 0.2) is 0 Å². The fourth-order valence-corrected chi connectivity index (χ4v) is 4.32. The summed E-state index contributed by atoms with van der Waals surface area (Å²) in [5, 5.41) is 58.1. The predicted octanol–water partition coefficient (Wildman–Crippen LogP) is -5.75. The third-order valence-electron chi connectivity index (χ3n) is 6.96. The molecule has 22 heteroatoms. The minimum atomic E-state index is -1.64.